The van der Waals surface area contributed by atoms with Gasteiger partial charge in [0.2, 0.25) is 0 Å². The molecular formula is C17H20N2O5. The van der Waals surface area contributed by atoms with Gasteiger partial charge in [0.15, 0.2) is 6.61 Å². The molecule has 1 atom stereocenters. The van der Waals surface area contributed by atoms with E-state index in [9.17, 15) is 14.4 Å². The van der Waals surface area contributed by atoms with Crippen LogP contribution in [0.5, 0.6) is 5.75 Å². The number of allylic oxidation sites excluding steroid dienone is 1. The summed E-state index contributed by atoms with van der Waals surface area (Å²) in [4.78, 5) is 37.1. The van der Waals surface area contributed by atoms with E-state index in [1.807, 2.05) is 6.07 Å². The van der Waals surface area contributed by atoms with Gasteiger partial charge in [-0.05, 0) is 31.6 Å². The predicted molar refractivity (Wildman–Crippen MR) is 86.0 cm³/mol. The van der Waals surface area contributed by atoms with E-state index in [1.54, 1.807) is 38.1 Å². The molecule has 1 aliphatic heterocycles. The second-order valence-electron chi connectivity index (χ2n) is 5.51. The van der Waals surface area contributed by atoms with Gasteiger partial charge in [-0.1, -0.05) is 18.2 Å². The highest BCUT2D eigenvalue weighted by Crippen LogP contribution is 2.21. The van der Waals surface area contributed by atoms with Crippen molar-refractivity contribution in [2.24, 2.45) is 0 Å². The molecule has 0 bridgehead atoms. The van der Waals surface area contributed by atoms with Crippen molar-refractivity contribution in [3.05, 3.63) is 41.6 Å². The maximum absolute atomic E-state index is 12.2. The number of para-hydroxylation sites is 1. The Morgan fingerprint density at radius 2 is 1.92 bits per heavy atom. The molecule has 24 heavy (non-hydrogen) atoms. The van der Waals surface area contributed by atoms with Crippen LogP contribution in [0, 0.1) is 0 Å². The van der Waals surface area contributed by atoms with Crippen molar-refractivity contribution in [3.8, 4) is 5.75 Å². The normalized spacial score (nSPS) is 16.0. The Hall–Kier alpha value is -2.83. The van der Waals surface area contributed by atoms with E-state index in [0.717, 1.165) is 0 Å². The average Bonchev–Trinajstić information content (AvgIpc) is 2.58. The number of nitrogens with zero attached hydrogens (tertiary/aromatic N) is 1. The minimum absolute atomic E-state index is 0.180. The van der Waals surface area contributed by atoms with Crippen LogP contribution in [0.4, 0.5) is 0 Å². The molecule has 0 radical (unpaired) electrons. The molecular weight excluding hydrogens is 312 g/mol. The Balaban J connectivity index is 1.86. The van der Waals surface area contributed by atoms with Crippen molar-refractivity contribution in [1.29, 1.82) is 0 Å². The Labute approximate surface area is 140 Å². The molecule has 0 saturated carbocycles. The number of ether oxygens (including phenoxy) is 2. The first kappa shape index (κ1) is 17.5. The molecule has 2 rings (SSSR count). The number of hydrogen-bond donors (Lipinski definition) is 1. The molecule has 1 fully saturated rings. The third-order valence-corrected chi connectivity index (χ3v) is 3.50. The van der Waals surface area contributed by atoms with Crippen LogP contribution in [0.25, 0.3) is 0 Å². The number of hydrogen-bond acceptors (Lipinski definition) is 5. The number of esters is 1. The predicted octanol–water partition coefficient (Wildman–Crippen LogP) is 0.859. The fraction of sp³-hybridized carbons (Fsp3) is 0.353. The number of benzene rings is 1. The van der Waals surface area contributed by atoms with Crippen LogP contribution >= 0.6 is 0 Å². The second kappa shape index (κ2) is 7.63. The smallest absolute Gasteiger partial charge is 0.354 e. The van der Waals surface area contributed by atoms with E-state index < -0.39 is 17.9 Å². The largest absolute Gasteiger partial charge is 0.484 e. The lowest BCUT2D eigenvalue weighted by Gasteiger charge is -2.39. The van der Waals surface area contributed by atoms with E-state index >= 15 is 0 Å². The molecule has 0 aromatic heterocycles. The third kappa shape index (κ3) is 3.92. The molecule has 0 spiro atoms. The Morgan fingerprint density at radius 1 is 1.25 bits per heavy atom. The Bertz CT molecular complexity index is 665. The third-order valence-electron chi connectivity index (χ3n) is 3.50. The van der Waals surface area contributed by atoms with Crippen LogP contribution in [-0.4, -0.2) is 49.0 Å². The highest BCUT2D eigenvalue weighted by Gasteiger charge is 2.42. The van der Waals surface area contributed by atoms with E-state index in [1.165, 1.54) is 12.0 Å². The molecule has 7 nitrogen and oxygen atoms in total. The number of nitrogens with one attached hydrogen (secondary N) is 1. The van der Waals surface area contributed by atoms with Gasteiger partial charge in [0.1, 0.15) is 17.5 Å². The molecule has 1 aromatic carbocycles. The minimum atomic E-state index is -0.657. The molecule has 1 N–H and O–H groups in total. The van der Waals surface area contributed by atoms with Gasteiger partial charge in [0.25, 0.3) is 11.8 Å². The molecule has 2 amide bonds. The zero-order valence-corrected chi connectivity index (χ0v) is 13.9. The first-order chi connectivity index (χ1) is 11.4. The van der Waals surface area contributed by atoms with Crippen molar-refractivity contribution in [2.45, 2.75) is 19.9 Å². The number of amides is 2. The summed E-state index contributed by atoms with van der Waals surface area (Å²) in [7, 11) is 1.26. The molecule has 7 heteroatoms. The molecule has 1 unspecified atom stereocenters. The summed E-state index contributed by atoms with van der Waals surface area (Å²) in [5.74, 6) is -0.731. The summed E-state index contributed by atoms with van der Waals surface area (Å²) in [5, 5.41) is 2.59. The lowest BCUT2D eigenvalue weighted by molar-refractivity contribution is -0.150. The lowest BCUT2D eigenvalue weighted by atomic mass is 10.0. The zero-order chi connectivity index (χ0) is 17.7. The van der Waals surface area contributed by atoms with Gasteiger partial charge < -0.3 is 19.7 Å². The summed E-state index contributed by atoms with van der Waals surface area (Å²) in [6, 6.07) is 8.26. The van der Waals surface area contributed by atoms with Gasteiger partial charge in [-0.3, -0.25) is 9.59 Å². The standard InChI is InChI=1S/C17H20N2O5/c1-11(2)15(17(22)23-3)19-9-13(16(19)21)18-14(20)10-24-12-7-5-4-6-8-12/h4-8,13H,9-10H2,1-3H3,(H,18,20). The first-order valence-electron chi connectivity index (χ1n) is 7.48. The summed E-state index contributed by atoms with van der Waals surface area (Å²) < 4.78 is 10.0. The maximum Gasteiger partial charge on any atom is 0.354 e. The highest BCUT2D eigenvalue weighted by atomic mass is 16.5. The van der Waals surface area contributed by atoms with Crippen molar-refractivity contribution in [1.82, 2.24) is 10.2 Å². The Kier molecular flexibility index (Phi) is 5.57. The monoisotopic (exact) mass is 332 g/mol. The van der Waals surface area contributed by atoms with E-state index in [0.29, 0.717) is 11.3 Å². The van der Waals surface area contributed by atoms with Crippen LogP contribution in [0.15, 0.2) is 41.6 Å². The van der Waals surface area contributed by atoms with Crippen molar-refractivity contribution >= 4 is 17.8 Å². The quantitative estimate of drug-likeness (QED) is 0.474. The molecule has 128 valence electrons. The molecule has 1 aromatic rings. The van der Waals surface area contributed by atoms with Crippen molar-refractivity contribution < 1.29 is 23.9 Å². The van der Waals surface area contributed by atoms with E-state index in [2.05, 4.69) is 10.1 Å². The fourth-order valence-electron chi connectivity index (χ4n) is 2.32. The van der Waals surface area contributed by atoms with Crippen LogP contribution in [0.2, 0.25) is 0 Å². The van der Waals surface area contributed by atoms with Crippen LogP contribution in [-0.2, 0) is 19.1 Å². The molecule has 1 saturated heterocycles. The van der Waals surface area contributed by atoms with Gasteiger partial charge in [0.05, 0.1) is 13.7 Å². The van der Waals surface area contributed by atoms with Crippen LogP contribution in [0.1, 0.15) is 13.8 Å². The van der Waals surface area contributed by atoms with Crippen LogP contribution < -0.4 is 10.1 Å². The van der Waals surface area contributed by atoms with Gasteiger partial charge in [-0.15, -0.1) is 0 Å². The number of methoxy groups -OCH3 is 1. The average molecular weight is 332 g/mol. The topological polar surface area (TPSA) is 84.9 Å². The van der Waals surface area contributed by atoms with E-state index in [-0.39, 0.29) is 24.8 Å². The van der Waals surface area contributed by atoms with Crippen molar-refractivity contribution in [2.75, 3.05) is 20.3 Å². The number of carbonyl (C=O) groups is 3. The lowest BCUT2D eigenvalue weighted by Crippen LogP contribution is -2.64. The number of carbonyl (C=O) groups excluding carboxylic acids is 3. The van der Waals surface area contributed by atoms with Gasteiger partial charge in [-0.25, -0.2) is 4.79 Å². The van der Waals surface area contributed by atoms with Crippen molar-refractivity contribution in [3.63, 3.8) is 0 Å². The van der Waals surface area contributed by atoms with Gasteiger partial charge in [0, 0.05) is 0 Å². The summed E-state index contributed by atoms with van der Waals surface area (Å²) >= 11 is 0. The zero-order valence-electron chi connectivity index (χ0n) is 13.9. The maximum atomic E-state index is 12.2. The summed E-state index contributed by atoms with van der Waals surface area (Å²) in [5.41, 5.74) is 0.890. The second-order valence-corrected chi connectivity index (χ2v) is 5.51. The minimum Gasteiger partial charge on any atom is -0.484 e. The number of likely N-dealkylation sites (tertiary alicyclic amines) is 1. The fourth-order valence-corrected chi connectivity index (χ4v) is 2.32. The Morgan fingerprint density at radius 3 is 2.46 bits per heavy atom. The molecule has 1 aliphatic rings. The van der Waals surface area contributed by atoms with Crippen LogP contribution in [0.3, 0.4) is 0 Å². The SMILES string of the molecule is COC(=O)C(=C(C)C)N1CC(NC(=O)COc2ccccc2)C1=O. The number of β-lactam (4-membered cyclic amide) rings is 1. The highest BCUT2D eigenvalue weighted by molar-refractivity contribution is 6.00. The van der Waals surface area contributed by atoms with Gasteiger partial charge in [-0.2, -0.15) is 0 Å². The molecule has 1 heterocycles. The van der Waals surface area contributed by atoms with Gasteiger partial charge >= 0.3 is 5.97 Å². The molecule has 0 aliphatic carbocycles. The first-order valence-corrected chi connectivity index (χ1v) is 7.48. The van der Waals surface area contributed by atoms with E-state index in [4.69, 9.17) is 4.74 Å². The summed E-state index contributed by atoms with van der Waals surface area (Å²) in [6.45, 7) is 3.49. The number of rotatable bonds is 6. The summed E-state index contributed by atoms with van der Waals surface area (Å²) in [6.07, 6.45) is 0.